The highest BCUT2D eigenvalue weighted by molar-refractivity contribution is 5.77. The number of nitrogens with zero attached hydrogens (tertiary/aromatic N) is 1. The van der Waals surface area contributed by atoms with Gasteiger partial charge in [-0.15, -0.1) is 0 Å². The van der Waals surface area contributed by atoms with Gasteiger partial charge in [0.15, 0.2) is 0 Å². The van der Waals surface area contributed by atoms with E-state index in [1.165, 1.54) is 0 Å². The number of nitrogens with one attached hydrogen (secondary N) is 2. The highest BCUT2D eigenvalue weighted by Crippen LogP contribution is 2.08. The van der Waals surface area contributed by atoms with E-state index in [0.717, 1.165) is 5.69 Å². The molecule has 0 aliphatic rings. The quantitative estimate of drug-likeness (QED) is 0.843. The van der Waals surface area contributed by atoms with Crippen molar-refractivity contribution in [2.45, 2.75) is 58.6 Å². The normalized spacial score (nSPS) is 11.7. The van der Waals surface area contributed by atoms with Gasteiger partial charge in [-0.25, -0.2) is 4.79 Å². The monoisotopic (exact) mass is 321 g/mol. The van der Waals surface area contributed by atoms with Crippen molar-refractivity contribution in [2.24, 2.45) is 0 Å². The van der Waals surface area contributed by atoms with Crippen molar-refractivity contribution in [3.8, 4) is 0 Å². The lowest BCUT2D eigenvalue weighted by atomic mass is 10.1. The molecule has 0 spiro atoms. The molecule has 0 aromatic carbocycles. The number of hydrogen-bond acceptors (Lipinski definition) is 4. The molecular weight excluding hydrogens is 294 g/mol. The van der Waals surface area contributed by atoms with Crippen molar-refractivity contribution in [2.75, 3.05) is 6.54 Å². The van der Waals surface area contributed by atoms with Gasteiger partial charge in [-0.2, -0.15) is 0 Å². The van der Waals surface area contributed by atoms with Crippen molar-refractivity contribution >= 4 is 12.0 Å². The zero-order valence-electron chi connectivity index (χ0n) is 14.6. The van der Waals surface area contributed by atoms with Gasteiger partial charge < -0.3 is 15.4 Å². The highest BCUT2D eigenvalue weighted by Gasteiger charge is 2.23. The smallest absolute Gasteiger partial charge is 0.407 e. The molecule has 1 aromatic heterocycles. The van der Waals surface area contributed by atoms with Crippen LogP contribution < -0.4 is 10.6 Å². The standard InChI is InChI=1S/C17H27N3O3/c1-16(2,3)23-15(22)19-12-17(4,5)20-14(21)10-9-13-8-6-7-11-18-13/h6-8,11H,9-10,12H2,1-5H3,(H,19,22)(H,20,21). The van der Waals surface area contributed by atoms with E-state index < -0.39 is 17.2 Å². The number of carbonyl (C=O) groups excluding carboxylic acids is 2. The Bertz CT molecular complexity index is 522. The molecule has 1 aromatic rings. The van der Waals surface area contributed by atoms with Gasteiger partial charge in [-0.05, 0) is 53.2 Å². The second kappa shape index (κ2) is 7.94. The first kappa shape index (κ1) is 18.9. The maximum atomic E-state index is 12.0. The van der Waals surface area contributed by atoms with Crippen LogP contribution in [0.2, 0.25) is 0 Å². The first-order chi connectivity index (χ1) is 10.6. The number of aryl methyl sites for hydroxylation is 1. The Labute approximate surface area is 138 Å². The average molecular weight is 321 g/mol. The van der Waals surface area contributed by atoms with Crippen LogP contribution in [0, 0.1) is 0 Å². The Kier molecular flexibility index (Phi) is 6.54. The first-order valence-corrected chi connectivity index (χ1v) is 7.75. The van der Waals surface area contributed by atoms with Crippen LogP contribution in [0.4, 0.5) is 4.79 Å². The number of ether oxygens (including phenoxy) is 1. The second-order valence-electron chi connectivity index (χ2n) is 7.11. The van der Waals surface area contributed by atoms with Crippen LogP contribution >= 0.6 is 0 Å². The Morgan fingerprint density at radius 3 is 2.43 bits per heavy atom. The summed E-state index contributed by atoms with van der Waals surface area (Å²) < 4.78 is 5.17. The summed E-state index contributed by atoms with van der Waals surface area (Å²) in [6.45, 7) is 9.40. The fraction of sp³-hybridized carbons (Fsp3) is 0.588. The summed E-state index contributed by atoms with van der Waals surface area (Å²) >= 11 is 0. The van der Waals surface area contributed by atoms with Crippen LogP contribution in [0.5, 0.6) is 0 Å². The molecule has 0 fully saturated rings. The summed E-state index contributed by atoms with van der Waals surface area (Å²) in [5.74, 6) is -0.0772. The van der Waals surface area contributed by atoms with E-state index in [0.29, 0.717) is 12.8 Å². The van der Waals surface area contributed by atoms with Crippen LogP contribution in [0.15, 0.2) is 24.4 Å². The van der Waals surface area contributed by atoms with Crippen molar-refractivity contribution in [1.82, 2.24) is 15.6 Å². The average Bonchev–Trinajstić information content (AvgIpc) is 2.42. The number of aromatic nitrogens is 1. The molecule has 1 rings (SSSR count). The summed E-state index contributed by atoms with van der Waals surface area (Å²) in [6.07, 6.45) is 2.16. The minimum Gasteiger partial charge on any atom is -0.444 e. The van der Waals surface area contributed by atoms with Crippen LogP contribution in [0.25, 0.3) is 0 Å². The van der Waals surface area contributed by atoms with Gasteiger partial charge >= 0.3 is 6.09 Å². The number of pyridine rings is 1. The largest absolute Gasteiger partial charge is 0.444 e. The maximum absolute atomic E-state index is 12.0. The minimum atomic E-state index is -0.557. The van der Waals surface area contributed by atoms with E-state index in [4.69, 9.17) is 4.74 Å². The van der Waals surface area contributed by atoms with E-state index in [1.807, 2.05) is 32.0 Å². The van der Waals surface area contributed by atoms with Crippen LogP contribution in [-0.4, -0.2) is 34.7 Å². The Balaban J connectivity index is 2.36. The van der Waals surface area contributed by atoms with Crippen molar-refractivity contribution in [3.63, 3.8) is 0 Å². The number of alkyl carbamates (subject to hydrolysis) is 1. The molecule has 0 saturated heterocycles. The topological polar surface area (TPSA) is 80.3 Å². The van der Waals surface area contributed by atoms with Gasteiger partial charge in [-0.1, -0.05) is 6.07 Å². The molecule has 6 heteroatoms. The third-order valence-corrected chi connectivity index (χ3v) is 2.89. The summed E-state index contributed by atoms with van der Waals surface area (Å²) in [7, 11) is 0. The van der Waals surface area contributed by atoms with E-state index >= 15 is 0 Å². The molecule has 23 heavy (non-hydrogen) atoms. The van der Waals surface area contributed by atoms with E-state index in [1.54, 1.807) is 27.0 Å². The first-order valence-electron chi connectivity index (χ1n) is 7.75. The van der Waals surface area contributed by atoms with Gasteiger partial charge in [0.2, 0.25) is 5.91 Å². The predicted molar refractivity (Wildman–Crippen MR) is 89.0 cm³/mol. The molecule has 0 unspecified atom stereocenters. The number of carbonyl (C=O) groups is 2. The molecule has 0 aliphatic carbocycles. The van der Waals surface area contributed by atoms with Crippen LogP contribution in [0.1, 0.15) is 46.7 Å². The summed E-state index contributed by atoms with van der Waals surface area (Å²) in [6, 6.07) is 5.63. The molecule has 0 atom stereocenters. The Hall–Kier alpha value is -2.11. The number of amides is 2. The third kappa shape index (κ3) is 8.80. The lowest BCUT2D eigenvalue weighted by Crippen LogP contribution is -2.52. The fourth-order valence-electron chi connectivity index (χ4n) is 1.88. The molecule has 0 saturated carbocycles. The predicted octanol–water partition coefficient (Wildman–Crippen LogP) is 2.43. The zero-order chi connectivity index (χ0) is 17.5. The van der Waals surface area contributed by atoms with Crippen molar-refractivity contribution < 1.29 is 14.3 Å². The summed E-state index contributed by atoms with van der Waals surface area (Å²) in [4.78, 5) is 27.9. The van der Waals surface area contributed by atoms with Gasteiger partial charge in [0.25, 0.3) is 0 Å². The van der Waals surface area contributed by atoms with Gasteiger partial charge in [-0.3, -0.25) is 9.78 Å². The molecule has 6 nitrogen and oxygen atoms in total. The lowest BCUT2D eigenvalue weighted by Gasteiger charge is -2.27. The summed E-state index contributed by atoms with van der Waals surface area (Å²) in [5.41, 5.74) is -0.217. The van der Waals surface area contributed by atoms with Gasteiger partial charge in [0.05, 0.1) is 5.54 Å². The number of rotatable bonds is 6. The third-order valence-electron chi connectivity index (χ3n) is 2.89. The SMILES string of the molecule is CC(C)(CNC(=O)OC(C)(C)C)NC(=O)CCc1ccccn1. The second-order valence-corrected chi connectivity index (χ2v) is 7.11. The van der Waals surface area contributed by atoms with Crippen LogP contribution in [-0.2, 0) is 16.0 Å². The maximum Gasteiger partial charge on any atom is 0.407 e. The number of hydrogen-bond donors (Lipinski definition) is 2. The van der Waals surface area contributed by atoms with E-state index in [-0.39, 0.29) is 12.5 Å². The van der Waals surface area contributed by atoms with E-state index in [9.17, 15) is 9.59 Å². The fourth-order valence-corrected chi connectivity index (χ4v) is 1.88. The summed E-state index contributed by atoms with van der Waals surface area (Å²) in [5, 5.41) is 5.58. The van der Waals surface area contributed by atoms with Crippen LogP contribution in [0.3, 0.4) is 0 Å². The highest BCUT2D eigenvalue weighted by atomic mass is 16.6. The molecule has 128 valence electrons. The molecule has 1 heterocycles. The lowest BCUT2D eigenvalue weighted by molar-refractivity contribution is -0.122. The molecule has 0 bridgehead atoms. The van der Waals surface area contributed by atoms with E-state index in [2.05, 4.69) is 15.6 Å². The van der Waals surface area contributed by atoms with Gasteiger partial charge in [0.1, 0.15) is 5.60 Å². The van der Waals surface area contributed by atoms with Crippen molar-refractivity contribution in [3.05, 3.63) is 30.1 Å². The molecule has 0 radical (unpaired) electrons. The minimum absolute atomic E-state index is 0.0772. The molecular formula is C17H27N3O3. The zero-order valence-corrected chi connectivity index (χ0v) is 14.6. The van der Waals surface area contributed by atoms with Gasteiger partial charge in [0, 0.05) is 24.9 Å². The van der Waals surface area contributed by atoms with Crippen molar-refractivity contribution in [1.29, 1.82) is 0 Å². The molecule has 2 amide bonds. The Morgan fingerprint density at radius 2 is 1.87 bits per heavy atom. The molecule has 0 aliphatic heterocycles. The Morgan fingerprint density at radius 1 is 1.17 bits per heavy atom. The molecule has 2 N–H and O–H groups in total.